The summed E-state index contributed by atoms with van der Waals surface area (Å²) in [6.45, 7) is 1.30. The zero-order chi connectivity index (χ0) is 13.3. The van der Waals surface area contributed by atoms with E-state index in [2.05, 4.69) is 5.32 Å². The molecule has 1 aromatic carbocycles. The van der Waals surface area contributed by atoms with Crippen LogP contribution in [0.25, 0.3) is 0 Å². The molecule has 1 atom stereocenters. The molecule has 2 rings (SSSR count). The number of urea groups is 1. The third kappa shape index (κ3) is 1.71. The van der Waals surface area contributed by atoms with Crippen molar-refractivity contribution in [1.82, 2.24) is 10.2 Å². The molecule has 0 aromatic heterocycles. The van der Waals surface area contributed by atoms with Gasteiger partial charge < -0.3 is 5.32 Å². The van der Waals surface area contributed by atoms with Gasteiger partial charge in [-0.05, 0) is 13.0 Å². The number of imide groups is 1. The molecule has 0 unspecified atom stereocenters. The molecule has 92 valence electrons. The number of nitrogens with zero attached hydrogens (tertiary/aromatic N) is 2. The van der Waals surface area contributed by atoms with E-state index in [1.54, 1.807) is 37.3 Å². The summed E-state index contributed by atoms with van der Waals surface area (Å²) in [5.41, 5.74) is -0.697. The number of rotatable bonds is 2. The van der Waals surface area contributed by atoms with E-state index in [0.29, 0.717) is 10.6 Å². The first-order valence-corrected chi connectivity index (χ1v) is 5.64. The van der Waals surface area contributed by atoms with Gasteiger partial charge in [0.2, 0.25) is 0 Å². The van der Waals surface area contributed by atoms with Gasteiger partial charge in [0.1, 0.15) is 12.1 Å². The highest BCUT2D eigenvalue weighted by molar-refractivity contribution is 6.32. The Morgan fingerprint density at radius 3 is 2.72 bits per heavy atom. The third-order valence-electron chi connectivity index (χ3n) is 2.92. The first-order chi connectivity index (χ1) is 8.50. The largest absolute Gasteiger partial charge is 0.326 e. The molecule has 0 bridgehead atoms. The summed E-state index contributed by atoms with van der Waals surface area (Å²) in [7, 11) is 0. The third-order valence-corrected chi connectivity index (χ3v) is 3.25. The lowest BCUT2D eigenvalue weighted by molar-refractivity contribution is -0.130. The van der Waals surface area contributed by atoms with Crippen molar-refractivity contribution >= 4 is 23.5 Å². The summed E-state index contributed by atoms with van der Waals surface area (Å²) in [5, 5.41) is 11.6. The van der Waals surface area contributed by atoms with Crippen molar-refractivity contribution in [2.24, 2.45) is 0 Å². The van der Waals surface area contributed by atoms with Crippen LogP contribution in [0.3, 0.4) is 0 Å². The van der Waals surface area contributed by atoms with E-state index in [-0.39, 0.29) is 6.54 Å². The van der Waals surface area contributed by atoms with Crippen molar-refractivity contribution in [3.05, 3.63) is 34.9 Å². The number of amides is 3. The maximum atomic E-state index is 12.2. The van der Waals surface area contributed by atoms with Crippen molar-refractivity contribution in [3.8, 4) is 6.07 Å². The van der Waals surface area contributed by atoms with Gasteiger partial charge in [0.15, 0.2) is 0 Å². The Morgan fingerprint density at radius 1 is 1.44 bits per heavy atom. The van der Waals surface area contributed by atoms with Gasteiger partial charge in [-0.1, -0.05) is 29.8 Å². The molecular formula is C12H10ClN3O2. The van der Waals surface area contributed by atoms with Crippen LogP contribution in [0, 0.1) is 11.3 Å². The van der Waals surface area contributed by atoms with Crippen LogP contribution in [-0.2, 0) is 10.3 Å². The summed E-state index contributed by atoms with van der Waals surface area (Å²) in [6.07, 6.45) is 0. The SMILES string of the molecule is C[C@]1(c2ccccc2Cl)NC(=O)N(CC#N)C1=O. The molecule has 3 amide bonds. The van der Waals surface area contributed by atoms with Crippen LogP contribution in [0.4, 0.5) is 4.79 Å². The molecule has 5 nitrogen and oxygen atoms in total. The number of benzene rings is 1. The van der Waals surface area contributed by atoms with Crippen LogP contribution < -0.4 is 5.32 Å². The van der Waals surface area contributed by atoms with Gasteiger partial charge in [0.05, 0.1) is 6.07 Å². The molecule has 0 spiro atoms. The molecule has 1 heterocycles. The minimum absolute atomic E-state index is 0.273. The van der Waals surface area contributed by atoms with Crippen LogP contribution in [0.1, 0.15) is 12.5 Å². The second kappa shape index (κ2) is 4.31. The molecule has 1 aliphatic rings. The molecule has 1 N–H and O–H groups in total. The number of hydrogen-bond donors (Lipinski definition) is 1. The smallest absolute Gasteiger partial charge is 0.319 e. The maximum Gasteiger partial charge on any atom is 0.326 e. The van der Waals surface area contributed by atoms with Crippen LogP contribution in [0.5, 0.6) is 0 Å². The summed E-state index contributed by atoms with van der Waals surface area (Å²) in [4.78, 5) is 24.8. The van der Waals surface area contributed by atoms with E-state index in [4.69, 9.17) is 16.9 Å². The summed E-state index contributed by atoms with van der Waals surface area (Å²) in [6, 6.07) is 8.00. The van der Waals surface area contributed by atoms with Crippen LogP contribution in [-0.4, -0.2) is 23.4 Å². The monoisotopic (exact) mass is 263 g/mol. The van der Waals surface area contributed by atoms with Crippen molar-refractivity contribution < 1.29 is 9.59 Å². The first kappa shape index (κ1) is 12.4. The molecule has 0 radical (unpaired) electrons. The van der Waals surface area contributed by atoms with E-state index in [1.165, 1.54) is 0 Å². The fourth-order valence-electron chi connectivity index (χ4n) is 1.96. The number of halogens is 1. The minimum atomic E-state index is -1.22. The molecule has 1 saturated heterocycles. The average molecular weight is 264 g/mol. The fraction of sp³-hybridized carbons (Fsp3) is 0.250. The zero-order valence-corrected chi connectivity index (χ0v) is 10.4. The van der Waals surface area contributed by atoms with Gasteiger partial charge in [0.25, 0.3) is 5.91 Å². The van der Waals surface area contributed by atoms with Crippen molar-refractivity contribution in [2.75, 3.05) is 6.54 Å². The maximum absolute atomic E-state index is 12.2. The Bertz CT molecular complexity index is 567. The van der Waals surface area contributed by atoms with Gasteiger partial charge in [0, 0.05) is 10.6 Å². The second-order valence-electron chi connectivity index (χ2n) is 4.08. The number of carbonyl (C=O) groups excluding carboxylic acids is 2. The molecule has 6 heteroatoms. The molecule has 0 saturated carbocycles. The summed E-state index contributed by atoms with van der Waals surface area (Å²) >= 11 is 6.04. The molecule has 1 aliphatic heterocycles. The van der Waals surface area contributed by atoms with Crippen LogP contribution >= 0.6 is 11.6 Å². The van der Waals surface area contributed by atoms with Gasteiger partial charge in [-0.2, -0.15) is 5.26 Å². The normalized spacial score (nSPS) is 22.8. The van der Waals surface area contributed by atoms with Crippen molar-refractivity contribution in [1.29, 1.82) is 5.26 Å². The quantitative estimate of drug-likeness (QED) is 0.651. The van der Waals surface area contributed by atoms with Gasteiger partial charge in [-0.3, -0.25) is 4.79 Å². The molecule has 1 fully saturated rings. The van der Waals surface area contributed by atoms with Gasteiger partial charge >= 0.3 is 6.03 Å². The Morgan fingerprint density at radius 2 is 2.11 bits per heavy atom. The molecular weight excluding hydrogens is 254 g/mol. The van der Waals surface area contributed by atoms with Gasteiger partial charge in [-0.15, -0.1) is 0 Å². The Labute approximate surface area is 109 Å². The van der Waals surface area contributed by atoms with Crippen molar-refractivity contribution in [2.45, 2.75) is 12.5 Å². The van der Waals surface area contributed by atoms with E-state index < -0.39 is 17.5 Å². The summed E-state index contributed by atoms with van der Waals surface area (Å²) < 4.78 is 0. The van der Waals surface area contributed by atoms with Crippen LogP contribution in [0.15, 0.2) is 24.3 Å². The highest BCUT2D eigenvalue weighted by Crippen LogP contribution is 2.33. The van der Waals surface area contributed by atoms with Gasteiger partial charge in [-0.25, -0.2) is 9.69 Å². The van der Waals surface area contributed by atoms with E-state index in [9.17, 15) is 9.59 Å². The summed E-state index contributed by atoms with van der Waals surface area (Å²) in [5.74, 6) is -0.470. The topological polar surface area (TPSA) is 73.2 Å². The first-order valence-electron chi connectivity index (χ1n) is 5.27. The Kier molecular flexibility index (Phi) is 2.97. The predicted octanol–water partition coefficient (Wildman–Crippen LogP) is 1.63. The predicted molar refractivity (Wildman–Crippen MR) is 64.7 cm³/mol. The molecule has 0 aliphatic carbocycles. The second-order valence-corrected chi connectivity index (χ2v) is 4.49. The Balaban J connectivity index is 2.46. The van der Waals surface area contributed by atoms with Crippen molar-refractivity contribution in [3.63, 3.8) is 0 Å². The zero-order valence-electron chi connectivity index (χ0n) is 9.61. The fourth-order valence-corrected chi connectivity index (χ4v) is 2.29. The lowest BCUT2D eigenvalue weighted by Crippen LogP contribution is -2.41. The molecule has 1 aromatic rings. The van der Waals surface area contributed by atoms with E-state index >= 15 is 0 Å². The van der Waals surface area contributed by atoms with E-state index in [1.807, 2.05) is 0 Å². The highest BCUT2D eigenvalue weighted by atomic mass is 35.5. The highest BCUT2D eigenvalue weighted by Gasteiger charge is 2.49. The standard InChI is InChI=1S/C12H10ClN3O2/c1-12(8-4-2-3-5-9(8)13)10(17)16(7-6-14)11(18)15-12/h2-5H,7H2,1H3,(H,15,18)/t12-/m1/s1. The van der Waals surface area contributed by atoms with Crippen LogP contribution in [0.2, 0.25) is 5.02 Å². The lowest BCUT2D eigenvalue weighted by Gasteiger charge is -2.22. The Hall–Kier alpha value is -2.06. The minimum Gasteiger partial charge on any atom is -0.319 e. The number of carbonyl (C=O) groups is 2. The number of hydrogen-bond acceptors (Lipinski definition) is 3. The number of nitriles is 1. The average Bonchev–Trinajstić information content (AvgIpc) is 2.55. The molecule has 18 heavy (non-hydrogen) atoms. The number of nitrogens with one attached hydrogen (secondary N) is 1. The lowest BCUT2D eigenvalue weighted by atomic mass is 9.92. The van der Waals surface area contributed by atoms with E-state index in [0.717, 1.165) is 4.90 Å².